The molecule has 3 fully saturated rings. The number of rotatable bonds is 7. The fourth-order valence-corrected chi connectivity index (χ4v) is 8.55. The van der Waals surface area contributed by atoms with E-state index in [-0.39, 0.29) is 33.9 Å². The minimum atomic E-state index is -4.11. The predicted molar refractivity (Wildman–Crippen MR) is 182 cm³/mol. The minimum Gasteiger partial charge on any atom is -0.508 e. The van der Waals surface area contributed by atoms with Crippen LogP contribution in [0.1, 0.15) is 23.1 Å². The van der Waals surface area contributed by atoms with E-state index in [1.54, 1.807) is 60.7 Å². The number of hydrogen-bond acceptors (Lipinski definition) is 9. The van der Waals surface area contributed by atoms with E-state index >= 15 is 0 Å². The first-order valence-electron chi connectivity index (χ1n) is 15.8. The molecule has 0 amide bonds. The van der Waals surface area contributed by atoms with Gasteiger partial charge in [-0.2, -0.15) is 10.4 Å². The summed E-state index contributed by atoms with van der Waals surface area (Å²) in [6, 6.07) is 19.2. The smallest absolute Gasteiger partial charge is 0.269 e. The van der Waals surface area contributed by atoms with Crippen molar-refractivity contribution >= 4 is 26.9 Å². The number of hydrogen-bond donors (Lipinski definition) is 1. The van der Waals surface area contributed by atoms with Crippen LogP contribution in [-0.4, -0.2) is 67.3 Å². The lowest BCUT2D eigenvalue weighted by Gasteiger charge is -2.56. The number of halogens is 1. The molecule has 2 atom stereocenters. The molecular formula is C36H31FN8O3S. The Balaban J connectivity index is 1.15. The Kier molecular flexibility index (Phi) is 7.24. The van der Waals surface area contributed by atoms with Gasteiger partial charge < -0.3 is 10.0 Å². The predicted octanol–water partition coefficient (Wildman–Crippen LogP) is 5.22. The van der Waals surface area contributed by atoms with E-state index < -0.39 is 15.8 Å². The number of phenols is 1. The van der Waals surface area contributed by atoms with Crippen LogP contribution < -0.4 is 4.90 Å². The number of anilines is 1. The van der Waals surface area contributed by atoms with Crippen molar-refractivity contribution in [3.63, 3.8) is 0 Å². The third-order valence-electron chi connectivity index (χ3n) is 9.61. The Morgan fingerprint density at radius 1 is 1.00 bits per heavy atom. The standard InChI is InChI=1S/C36H31FN8O3S/c1-22-6-9-28(10-7-22)49(47,48)45-32(25-17-41-42(2)18-25)13-29-35(24(14-38)16-40-36(29)45)23-8-11-34(39-15-23)43-19-26-12-27(20-43)44(26)21-30-31(37)4-3-5-33(30)46/h3-11,13,15-18,26-27,46H,12,19-21H2,1-2H3. The Hall–Kier alpha value is -5.58. The van der Waals surface area contributed by atoms with Crippen LogP contribution in [0.3, 0.4) is 0 Å². The van der Waals surface area contributed by atoms with Crippen molar-refractivity contribution in [1.29, 1.82) is 5.26 Å². The molecule has 6 aromatic rings. The Morgan fingerprint density at radius 3 is 2.43 bits per heavy atom. The number of phenolic OH excluding ortho intramolecular Hbond substituents is 1. The lowest BCUT2D eigenvalue weighted by Crippen LogP contribution is -2.68. The van der Waals surface area contributed by atoms with Gasteiger partial charge in [0.25, 0.3) is 10.0 Å². The Labute approximate surface area is 282 Å². The van der Waals surface area contributed by atoms with Crippen molar-refractivity contribution in [2.75, 3.05) is 18.0 Å². The van der Waals surface area contributed by atoms with Crippen molar-refractivity contribution in [2.24, 2.45) is 7.05 Å². The zero-order valence-electron chi connectivity index (χ0n) is 26.7. The number of piperidine rings is 1. The summed E-state index contributed by atoms with van der Waals surface area (Å²) in [4.78, 5) is 13.8. The van der Waals surface area contributed by atoms with E-state index in [9.17, 15) is 23.2 Å². The van der Waals surface area contributed by atoms with Crippen molar-refractivity contribution in [3.8, 4) is 34.2 Å². The van der Waals surface area contributed by atoms with Crippen LogP contribution in [-0.2, 0) is 23.6 Å². The molecule has 13 heteroatoms. The zero-order valence-corrected chi connectivity index (χ0v) is 27.5. The highest BCUT2D eigenvalue weighted by molar-refractivity contribution is 7.90. The molecule has 0 spiro atoms. The average Bonchev–Trinajstić information content (AvgIpc) is 3.72. The third kappa shape index (κ3) is 5.11. The van der Waals surface area contributed by atoms with Crippen molar-refractivity contribution in [3.05, 3.63) is 108 Å². The highest BCUT2D eigenvalue weighted by Crippen LogP contribution is 2.40. The number of nitriles is 1. The Bertz CT molecular complexity index is 2370. The molecule has 3 saturated heterocycles. The minimum absolute atomic E-state index is 0.0308. The number of aryl methyl sites for hydroxylation is 2. The van der Waals surface area contributed by atoms with Crippen LogP contribution in [0.2, 0.25) is 0 Å². The van der Waals surface area contributed by atoms with Gasteiger partial charge in [0.05, 0.1) is 22.3 Å². The summed E-state index contributed by atoms with van der Waals surface area (Å²) in [6.45, 7) is 3.65. The van der Waals surface area contributed by atoms with Crippen LogP contribution in [0.5, 0.6) is 5.75 Å². The highest BCUT2D eigenvalue weighted by atomic mass is 32.2. The van der Waals surface area contributed by atoms with Gasteiger partial charge in [-0.25, -0.2) is 26.7 Å². The second-order valence-corrected chi connectivity index (χ2v) is 14.5. The second kappa shape index (κ2) is 11.5. The lowest BCUT2D eigenvalue weighted by molar-refractivity contribution is -0.00996. The molecule has 2 bridgehead atoms. The summed E-state index contributed by atoms with van der Waals surface area (Å²) in [7, 11) is -2.35. The molecule has 0 saturated carbocycles. The first kappa shape index (κ1) is 30.7. The first-order valence-corrected chi connectivity index (χ1v) is 17.3. The van der Waals surface area contributed by atoms with E-state index in [0.29, 0.717) is 53.0 Å². The van der Waals surface area contributed by atoms with E-state index in [1.165, 1.54) is 28.4 Å². The normalized spacial score (nSPS) is 17.6. The van der Waals surface area contributed by atoms with Crippen LogP contribution in [0.4, 0.5) is 10.2 Å². The molecule has 4 aromatic heterocycles. The monoisotopic (exact) mass is 674 g/mol. The zero-order chi connectivity index (χ0) is 34.0. The molecule has 9 rings (SSSR count). The van der Waals surface area contributed by atoms with E-state index in [4.69, 9.17) is 4.98 Å². The maximum absolute atomic E-state index is 14.4. The summed E-state index contributed by atoms with van der Waals surface area (Å²) in [5.41, 5.74) is 3.86. The molecule has 7 heterocycles. The van der Waals surface area contributed by atoms with E-state index in [1.807, 2.05) is 19.1 Å². The fraction of sp³-hybridized carbons (Fsp3) is 0.222. The molecule has 3 aliphatic rings. The number of nitrogens with zero attached hydrogens (tertiary/aromatic N) is 8. The summed E-state index contributed by atoms with van der Waals surface area (Å²) in [5.74, 6) is 0.333. The van der Waals surface area contributed by atoms with E-state index in [2.05, 4.69) is 26.0 Å². The van der Waals surface area contributed by atoms with Gasteiger partial charge in [-0.1, -0.05) is 23.8 Å². The molecule has 0 radical (unpaired) electrons. The SMILES string of the molecule is Cc1ccc(S(=O)(=O)n2c(-c3cnn(C)c3)cc3c(-c4ccc(N5CC6CC(C5)N6Cc5c(O)cccc5F)nc4)c(C#N)cnc32)cc1. The summed E-state index contributed by atoms with van der Waals surface area (Å²) in [5, 5.41) is 25.1. The second-order valence-electron chi connectivity index (χ2n) is 12.7. The van der Waals surface area contributed by atoms with Crippen molar-refractivity contribution < 1.29 is 17.9 Å². The van der Waals surface area contributed by atoms with Gasteiger partial charge in [-0.3, -0.25) is 9.58 Å². The lowest BCUT2D eigenvalue weighted by atomic mass is 9.86. The molecule has 11 nitrogen and oxygen atoms in total. The van der Waals surface area contributed by atoms with Gasteiger partial charge in [-0.15, -0.1) is 0 Å². The topological polar surface area (TPSA) is 133 Å². The average molecular weight is 675 g/mol. The number of pyridine rings is 2. The molecule has 49 heavy (non-hydrogen) atoms. The van der Waals surface area contributed by atoms with Crippen molar-refractivity contribution in [2.45, 2.75) is 36.9 Å². The van der Waals surface area contributed by atoms with E-state index in [0.717, 1.165) is 17.8 Å². The van der Waals surface area contributed by atoms with Crippen molar-refractivity contribution in [1.82, 2.24) is 28.6 Å². The van der Waals surface area contributed by atoms with Gasteiger partial charge in [0.1, 0.15) is 23.5 Å². The van der Waals surface area contributed by atoms with Crippen LogP contribution in [0, 0.1) is 24.1 Å². The molecule has 2 unspecified atom stereocenters. The highest BCUT2D eigenvalue weighted by Gasteiger charge is 2.45. The number of aromatic nitrogens is 5. The molecule has 2 aromatic carbocycles. The van der Waals surface area contributed by atoms with Gasteiger partial charge in [0.2, 0.25) is 0 Å². The van der Waals surface area contributed by atoms with Gasteiger partial charge in [-0.05, 0) is 55.8 Å². The van der Waals surface area contributed by atoms with Crippen LogP contribution in [0.15, 0.2) is 90.3 Å². The van der Waals surface area contributed by atoms with Gasteiger partial charge >= 0.3 is 0 Å². The molecule has 246 valence electrons. The fourth-order valence-electron chi connectivity index (χ4n) is 7.07. The van der Waals surface area contributed by atoms with Crippen LogP contribution in [0.25, 0.3) is 33.4 Å². The van der Waals surface area contributed by atoms with Gasteiger partial charge in [0, 0.05) is 85.0 Å². The number of benzene rings is 2. The number of piperazine rings is 1. The molecule has 3 aliphatic heterocycles. The summed E-state index contributed by atoms with van der Waals surface area (Å²) >= 11 is 0. The third-order valence-corrected chi connectivity index (χ3v) is 11.3. The Morgan fingerprint density at radius 2 is 1.78 bits per heavy atom. The first-order chi connectivity index (χ1) is 23.6. The molecular weight excluding hydrogens is 644 g/mol. The summed E-state index contributed by atoms with van der Waals surface area (Å²) in [6.07, 6.45) is 7.43. The summed E-state index contributed by atoms with van der Waals surface area (Å²) < 4.78 is 45.7. The maximum Gasteiger partial charge on any atom is 0.269 e. The van der Waals surface area contributed by atoms with Gasteiger partial charge in [0.15, 0.2) is 5.65 Å². The number of aromatic hydroxyl groups is 1. The molecule has 1 N–H and O–H groups in total. The largest absolute Gasteiger partial charge is 0.508 e. The molecule has 0 aliphatic carbocycles. The maximum atomic E-state index is 14.4. The quantitative estimate of drug-likeness (QED) is 0.242. The number of fused-ring (bicyclic) bond motifs is 3. The van der Waals surface area contributed by atoms with Crippen LogP contribution >= 0.6 is 0 Å².